The first-order valence-electron chi connectivity index (χ1n) is 7.24. The van der Waals surface area contributed by atoms with Crippen molar-refractivity contribution in [1.29, 1.82) is 0 Å². The summed E-state index contributed by atoms with van der Waals surface area (Å²) >= 11 is 5.90. The van der Waals surface area contributed by atoms with Gasteiger partial charge in [-0.25, -0.2) is 4.79 Å². The summed E-state index contributed by atoms with van der Waals surface area (Å²) in [6.45, 7) is 11.3. The van der Waals surface area contributed by atoms with E-state index in [2.05, 4.69) is 13.8 Å². The van der Waals surface area contributed by atoms with Gasteiger partial charge in [-0.3, -0.25) is 0 Å². The van der Waals surface area contributed by atoms with E-state index in [-0.39, 0.29) is 17.5 Å². The molecule has 0 saturated carbocycles. The van der Waals surface area contributed by atoms with E-state index in [4.69, 9.17) is 21.1 Å². The summed E-state index contributed by atoms with van der Waals surface area (Å²) < 4.78 is 11.3. The van der Waals surface area contributed by atoms with E-state index in [0.717, 1.165) is 0 Å². The number of hydrogen-bond donors (Lipinski definition) is 0. The summed E-state index contributed by atoms with van der Waals surface area (Å²) in [5.74, 6) is 0.0832. The van der Waals surface area contributed by atoms with E-state index in [1.807, 2.05) is 20.8 Å². The maximum atomic E-state index is 12.2. The topological polar surface area (TPSA) is 35.5 Å². The Morgan fingerprint density at radius 3 is 2.43 bits per heavy atom. The van der Waals surface area contributed by atoms with E-state index in [1.54, 1.807) is 24.3 Å². The fourth-order valence-corrected chi connectivity index (χ4v) is 1.87. The zero-order valence-corrected chi connectivity index (χ0v) is 14.2. The molecule has 0 aliphatic rings. The van der Waals surface area contributed by atoms with Crippen molar-refractivity contribution in [2.24, 2.45) is 11.3 Å². The number of ether oxygens (including phenoxy) is 2. The Morgan fingerprint density at radius 2 is 1.90 bits per heavy atom. The first kappa shape index (κ1) is 18.0. The normalized spacial score (nSPS) is 13.3. The number of carbonyl (C=O) groups excluding carboxylic acids is 1. The van der Waals surface area contributed by atoms with Crippen LogP contribution in [0.1, 0.15) is 45.0 Å². The van der Waals surface area contributed by atoms with Gasteiger partial charge in [0.25, 0.3) is 0 Å². The van der Waals surface area contributed by atoms with E-state index in [9.17, 15) is 4.79 Å². The largest absolute Gasteiger partial charge is 0.456 e. The van der Waals surface area contributed by atoms with Crippen LogP contribution in [0.3, 0.4) is 0 Å². The number of hydrogen-bond acceptors (Lipinski definition) is 3. The van der Waals surface area contributed by atoms with Crippen molar-refractivity contribution in [2.75, 3.05) is 13.2 Å². The van der Waals surface area contributed by atoms with Crippen molar-refractivity contribution < 1.29 is 14.3 Å². The van der Waals surface area contributed by atoms with E-state index in [0.29, 0.717) is 29.7 Å². The van der Waals surface area contributed by atoms with Gasteiger partial charge >= 0.3 is 5.97 Å². The van der Waals surface area contributed by atoms with Gasteiger partial charge in [0.15, 0.2) is 0 Å². The van der Waals surface area contributed by atoms with Gasteiger partial charge in [-0.1, -0.05) is 52.3 Å². The third-order valence-corrected chi connectivity index (χ3v) is 3.23. The Kier molecular flexibility index (Phi) is 6.69. The van der Waals surface area contributed by atoms with Crippen LogP contribution in [-0.4, -0.2) is 25.3 Å². The second kappa shape index (κ2) is 7.81. The van der Waals surface area contributed by atoms with Crippen LogP contribution in [0, 0.1) is 11.3 Å². The van der Waals surface area contributed by atoms with E-state index >= 15 is 0 Å². The molecule has 1 aromatic carbocycles. The molecule has 1 unspecified atom stereocenters. The highest BCUT2D eigenvalue weighted by atomic mass is 35.5. The lowest BCUT2D eigenvalue weighted by Crippen LogP contribution is -2.36. The minimum atomic E-state index is -0.370. The van der Waals surface area contributed by atoms with Crippen LogP contribution in [0.4, 0.5) is 0 Å². The molecule has 0 heterocycles. The maximum Gasteiger partial charge on any atom is 0.338 e. The molecule has 0 bridgehead atoms. The summed E-state index contributed by atoms with van der Waals surface area (Å²) in [5.41, 5.74) is 0.270. The van der Waals surface area contributed by atoms with Crippen LogP contribution in [-0.2, 0) is 9.47 Å². The highest BCUT2D eigenvalue weighted by Crippen LogP contribution is 2.24. The van der Waals surface area contributed by atoms with Crippen molar-refractivity contribution in [2.45, 2.75) is 40.7 Å². The minimum Gasteiger partial charge on any atom is -0.456 e. The predicted octanol–water partition coefficient (Wildman–Crippen LogP) is 4.58. The molecule has 0 radical (unpaired) electrons. The van der Waals surface area contributed by atoms with Gasteiger partial charge in [-0.2, -0.15) is 0 Å². The quantitative estimate of drug-likeness (QED) is 0.721. The van der Waals surface area contributed by atoms with Crippen LogP contribution in [0.15, 0.2) is 24.3 Å². The lowest BCUT2D eigenvalue weighted by Gasteiger charge is -2.30. The molecule has 118 valence electrons. The monoisotopic (exact) mass is 312 g/mol. The summed E-state index contributed by atoms with van der Waals surface area (Å²) in [7, 11) is 0. The maximum absolute atomic E-state index is 12.2. The number of rotatable bonds is 6. The molecule has 1 atom stereocenters. The van der Waals surface area contributed by atoms with Gasteiger partial charge < -0.3 is 9.47 Å². The molecule has 0 aliphatic heterocycles. The lowest BCUT2D eigenvalue weighted by molar-refractivity contribution is -0.0486. The van der Waals surface area contributed by atoms with Gasteiger partial charge in [0.1, 0.15) is 6.10 Å². The van der Waals surface area contributed by atoms with Crippen molar-refractivity contribution >= 4 is 17.6 Å². The Labute approximate surface area is 132 Å². The molecule has 0 fully saturated rings. The van der Waals surface area contributed by atoms with Gasteiger partial charge in [0, 0.05) is 17.0 Å². The molecule has 1 aromatic rings. The second-order valence-electron chi connectivity index (χ2n) is 6.70. The summed E-state index contributed by atoms with van der Waals surface area (Å²) in [6, 6.07) is 6.77. The smallest absolute Gasteiger partial charge is 0.338 e. The third kappa shape index (κ3) is 6.49. The average Bonchev–Trinajstić information content (AvgIpc) is 2.35. The van der Waals surface area contributed by atoms with Crippen molar-refractivity contribution in [3.05, 3.63) is 34.9 Å². The molecule has 4 heteroatoms. The molecular formula is C17H25ClO3. The van der Waals surface area contributed by atoms with Crippen molar-refractivity contribution in [3.63, 3.8) is 0 Å². The Morgan fingerprint density at radius 1 is 1.24 bits per heavy atom. The highest BCUT2D eigenvalue weighted by molar-refractivity contribution is 6.30. The first-order chi connectivity index (χ1) is 9.70. The van der Waals surface area contributed by atoms with Gasteiger partial charge in [0.2, 0.25) is 0 Å². The standard InChI is InChI=1S/C17H25ClO3/c1-12(2)10-20-11-15(17(3,4)5)21-16(19)13-7-6-8-14(18)9-13/h6-9,12,15H,10-11H2,1-5H3. The molecular weight excluding hydrogens is 288 g/mol. The van der Waals surface area contributed by atoms with Crippen molar-refractivity contribution in [1.82, 2.24) is 0 Å². The molecule has 0 N–H and O–H groups in total. The first-order valence-corrected chi connectivity index (χ1v) is 7.62. The third-order valence-electron chi connectivity index (χ3n) is 3.00. The van der Waals surface area contributed by atoms with Crippen LogP contribution in [0.25, 0.3) is 0 Å². The van der Waals surface area contributed by atoms with Gasteiger partial charge in [-0.05, 0) is 24.1 Å². The summed E-state index contributed by atoms with van der Waals surface area (Å²) in [5, 5.41) is 0.521. The van der Waals surface area contributed by atoms with Crippen LogP contribution in [0.5, 0.6) is 0 Å². The molecule has 0 aliphatic carbocycles. The number of halogens is 1. The molecule has 0 spiro atoms. The molecule has 0 saturated heterocycles. The molecule has 0 aromatic heterocycles. The lowest BCUT2D eigenvalue weighted by atomic mass is 9.89. The van der Waals surface area contributed by atoms with Crippen LogP contribution in [0.2, 0.25) is 5.02 Å². The minimum absolute atomic E-state index is 0.189. The molecule has 1 rings (SSSR count). The highest BCUT2D eigenvalue weighted by Gasteiger charge is 2.29. The SMILES string of the molecule is CC(C)COCC(OC(=O)c1cccc(Cl)c1)C(C)(C)C. The zero-order valence-electron chi connectivity index (χ0n) is 13.5. The Balaban J connectivity index is 2.70. The van der Waals surface area contributed by atoms with Crippen LogP contribution < -0.4 is 0 Å². The number of carbonyl (C=O) groups is 1. The fraction of sp³-hybridized carbons (Fsp3) is 0.588. The fourth-order valence-electron chi connectivity index (χ4n) is 1.68. The summed E-state index contributed by atoms with van der Waals surface area (Å²) in [4.78, 5) is 12.2. The van der Waals surface area contributed by atoms with E-state index in [1.165, 1.54) is 0 Å². The van der Waals surface area contributed by atoms with Crippen molar-refractivity contribution in [3.8, 4) is 0 Å². The second-order valence-corrected chi connectivity index (χ2v) is 7.14. The van der Waals surface area contributed by atoms with Gasteiger partial charge in [0.05, 0.1) is 12.2 Å². The van der Waals surface area contributed by atoms with Crippen LogP contribution >= 0.6 is 11.6 Å². The Bertz CT molecular complexity index is 463. The number of benzene rings is 1. The number of esters is 1. The molecule has 3 nitrogen and oxygen atoms in total. The Hall–Kier alpha value is -1.06. The predicted molar refractivity (Wildman–Crippen MR) is 85.8 cm³/mol. The summed E-state index contributed by atoms with van der Waals surface area (Å²) in [6.07, 6.45) is -0.303. The zero-order chi connectivity index (χ0) is 16.0. The average molecular weight is 313 g/mol. The van der Waals surface area contributed by atoms with E-state index < -0.39 is 0 Å². The molecule has 0 amide bonds. The van der Waals surface area contributed by atoms with Gasteiger partial charge in [-0.15, -0.1) is 0 Å². The molecule has 21 heavy (non-hydrogen) atoms.